The van der Waals surface area contributed by atoms with E-state index in [2.05, 4.69) is 41.5 Å². The van der Waals surface area contributed by atoms with Crippen molar-refractivity contribution in [2.45, 2.75) is 311 Å². The first-order valence-electron chi connectivity index (χ1n) is 27.6. The molecule has 0 bridgehead atoms. The molecule has 0 spiro atoms. The maximum Gasteiger partial charge on any atom is 0.306 e. The normalized spacial score (nSPS) is 12.1. The van der Waals surface area contributed by atoms with Crippen LogP contribution in [0.15, 0.2) is 0 Å². The van der Waals surface area contributed by atoms with Crippen LogP contribution in [0.4, 0.5) is 0 Å². The van der Waals surface area contributed by atoms with E-state index >= 15 is 0 Å². The smallest absolute Gasteiger partial charge is 0.306 e. The molecule has 0 rings (SSSR count). The van der Waals surface area contributed by atoms with Crippen LogP contribution in [0, 0.1) is 17.8 Å². The van der Waals surface area contributed by atoms with Crippen LogP contribution in [0.25, 0.3) is 0 Å². The van der Waals surface area contributed by atoms with Gasteiger partial charge in [0.1, 0.15) is 13.2 Å². The Bertz CT molecular complexity index is 960. The van der Waals surface area contributed by atoms with Gasteiger partial charge < -0.3 is 14.2 Å². The van der Waals surface area contributed by atoms with Crippen molar-refractivity contribution < 1.29 is 28.6 Å². The Balaban J connectivity index is 4.19. The van der Waals surface area contributed by atoms with Gasteiger partial charge in [-0.2, -0.15) is 0 Å². The molecular weight excluding hydrogens is 769 g/mol. The summed E-state index contributed by atoms with van der Waals surface area (Å²) in [6.07, 6.45) is 48.3. The summed E-state index contributed by atoms with van der Waals surface area (Å²) in [6, 6.07) is 0. The molecular formula is C56H108O6. The van der Waals surface area contributed by atoms with Crippen molar-refractivity contribution >= 4 is 17.9 Å². The summed E-state index contributed by atoms with van der Waals surface area (Å²) in [5, 5.41) is 0. The average Bonchev–Trinajstić information content (AvgIpc) is 3.23. The summed E-state index contributed by atoms with van der Waals surface area (Å²) in [5.41, 5.74) is 0. The Hall–Kier alpha value is -1.59. The fourth-order valence-corrected chi connectivity index (χ4v) is 8.47. The van der Waals surface area contributed by atoms with Gasteiger partial charge >= 0.3 is 17.9 Å². The quantitative estimate of drug-likeness (QED) is 0.0344. The number of rotatable bonds is 49. The Morgan fingerprint density at radius 2 is 0.468 bits per heavy atom. The molecule has 368 valence electrons. The van der Waals surface area contributed by atoms with Crippen molar-refractivity contribution in [3.8, 4) is 0 Å². The van der Waals surface area contributed by atoms with E-state index in [-0.39, 0.29) is 31.1 Å². The Morgan fingerprint density at radius 3 is 0.694 bits per heavy atom. The fraction of sp³-hybridized carbons (Fsp3) is 0.946. The highest BCUT2D eigenvalue weighted by Gasteiger charge is 2.19. The molecule has 1 atom stereocenters. The molecule has 0 aliphatic rings. The van der Waals surface area contributed by atoms with E-state index in [4.69, 9.17) is 14.2 Å². The third-order valence-electron chi connectivity index (χ3n) is 12.6. The molecule has 0 aromatic rings. The summed E-state index contributed by atoms with van der Waals surface area (Å²) < 4.78 is 16.8. The molecule has 0 saturated carbocycles. The van der Waals surface area contributed by atoms with Gasteiger partial charge in [-0.15, -0.1) is 0 Å². The van der Waals surface area contributed by atoms with Crippen LogP contribution in [0.1, 0.15) is 305 Å². The maximum atomic E-state index is 12.8. The molecule has 0 unspecified atom stereocenters. The topological polar surface area (TPSA) is 78.9 Å². The van der Waals surface area contributed by atoms with Crippen LogP contribution in [0.5, 0.6) is 0 Å². The minimum atomic E-state index is -0.763. The highest BCUT2D eigenvalue weighted by atomic mass is 16.6. The van der Waals surface area contributed by atoms with Crippen LogP contribution in [0.2, 0.25) is 0 Å². The first-order chi connectivity index (χ1) is 30.1. The van der Waals surface area contributed by atoms with Gasteiger partial charge in [-0.05, 0) is 37.0 Å². The lowest BCUT2D eigenvalue weighted by molar-refractivity contribution is -0.167. The molecule has 62 heavy (non-hydrogen) atoms. The third kappa shape index (κ3) is 49.4. The van der Waals surface area contributed by atoms with E-state index < -0.39 is 6.10 Å². The Morgan fingerprint density at radius 1 is 0.274 bits per heavy atom. The Kier molecular flexibility index (Phi) is 46.2. The first-order valence-corrected chi connectivity index (χ1v) is 27.6. The molecule has 0 aliphatic heterocycles. The maximum absolute atomic E-state index is 12.8. The molecule has 0 aromatic heterocycles. The van der Waals surface area contributed by atoms with Gasteiger partial charge in [0, 0.05) is 19.3 Å². The van der Waals surface area contributed by atoms with Crippen LogP contribution in [0.3, 0.4) is 0 Å². The van der Waals surface area contributed by atoms with E-state index in [0.29, 0.717) is 19.3 Å². The number of carbonyl (C=O) groups excluding carboxylic acids is 3. The summed E-state index contributed by atoms with van der Waals surface area (Å²) in [7, 11) is 0. The molecule has 0 radical (unpaired) electrons. The molecule has 0 aliphatic carbocycles. The van der Waals surface area contributed by atoms with E-state index in [0.717, 1.165) is 75.5 Å². The second kappa shape index (κ2) is 47.4. The number of esters is 3. The zero-order valence-corrected chi connectivity index (χ0v) is 42.7. The first kappa shape index (κ1) is 60.4. The lowest BCUT2D eigenvalue weighted by Gasteiger charge is -2.18. The van der Waals surface area contributed by atoms with Crippen molar-refractivity contribution in [3.63, 3.8) is 0 Å². The number of carbonyl (C=O) groups is 3. The van der Waals surface area contributed by atoms with E-state index in [1.807, 2.05) is 0 Å². The summed E-state index contributed by atoms with van der Waals surface area (Å²) in [6.45, 7) is 13.7. The van der Waals surface area contributed by atoms with Gasteiger partial charge in [0.15, 0.2) is 6.10 Å². The van der Waals surface area contributed by atoms with Crippen molar-refractivity contribution in [1.29, 1.82) is 0 Å². The second-order valence-corrected chi connectivity index (χ2v) is 20.6. The zero-order chi connectivity index (χ0) is 45.6. The number of ether oxygens (including phenoxy) is 3. The average molecular weight is 877 g/mol. The largest absolute Gasteiger partial charge is 0.462 e. The van der Waals surface area contributed by atoms with Gasteiger partial charge in [-0.3, -0.25) is 14.4 Å². The Labute approximate surface area is 387 Å². The second-order valence-electron chi connectivity index (χ2n) is 20.6. The van der Waals surface area contributed by atoms with Gasteiger partial charge in [0.05, 0.1) is 0 Å². The van der Waals surface area contributed by atoms with Crippen molar-refractivity contribution in [2.75, 3.05) is 13.2 Å². The van der Waals surface area contributed by atoms with Crippen molar-refractivity contribution in [2.24, 2.45) is 17.8 Å². The number of unbranched alkanes of at least 4 members (excludes halogenated alkanes) is 32. The number of hydrogen-bond donors (Lipinski definition) is 0. The molecule has 0 heterocycles. The van der Waals surface area contributed by atoms with Crippen molar-refractivity contribution in [3.05, 3.63) is 0 Å². The summed E-state index contributed by atoms with van der Waals surface area (Å²) >= 11 is 0. The standard InChI is InChI=1S/C56H108O6/c1-50(2)42-36-30-24-20-16-13-11-9-7-8-10-12-14-18-22-26-33-39-45-54(57)60-48-53(49-61-55(58)46-40-34-29-28-32-38-44-52(5)6)62-56(59)47-41-35-27-23-19-15-17-21-25-31-37-43-51(3)4/h50-53H,7-49H2,1-6H3/t53-/m1/s1. The number of hydrogen-bond acceptors (Lipinski definition) is 6. The van der Waals surface area contributed by atoms with E-state index in [1.54, 1.807) is 0 Å². The highest BCUT2D eigenvalue weighted by molar-refractivity contribution is 5.71. The third-order valence-corrected chi connectivity index (χ3v) is 12.6. The highest BCUT2D eigenvalue weighted by Crippen LogP contribution is 2.18. The molecule has 0 aromatic carbocycles. The van der Waals surface area contributed by atoms with E-state index in [9.17, 15) is 14.4 Å². The molecule has 0 N–H and O–H groups in total. The minimum absolute atomic E-state index is 0.0648. The van der Waals surface area contributed by atoms with Crippen LogP contribution >= 0.6 is 0 Å². The van der Waals surface area contributed by atoms with E-state index in [1.165, 1.54) is 186 Å². The van der Waals surface area contributed by atoms with Crippen LogP contribution < -0.4 is 0 Å². The SMILES string of the molecule is CC(C)CCCCCCCCCCCCCCCCCCCCC(=O)OC[C@H](COC(=O)CCCCCCCCC(C)C)OC(=O)CCCCCCCCCCCCCC(C)C. The van der Waals surface area contributed by atoms with Gasteiger partial charge in [-0.1, -0.05) is 266 Å². The molecule has 6 heteroatoms. The summed E-state index contributed by atoms with van der Waals surface area (Å²) in [4.78, 5) is 38.0. The predicted molar refractivity (Wildman–Crippen MR) is 266 cm³/mol. The lowest BCUT2D eigenvalue weighted by atomic mass is 10.0. The van der Waals surface area contributed by atoms with Crippen LogP contribution in [-0.2, 0) is 28.6 Å². The minimum Gasteiger partial charge on any atom is -0.462 e. The monoisotopic (exact) mass is 877 g/mol. The molecule has 6 nitrogen and oxygen atoms in total. The van der Waals surface area contributed by atoms with Gasteiger partial charge in [-0.25, -0.2) is 0 Å². The van der Waals surface area contributed by atoms with Crippen molar-refractivity contribution in [1.82, 2.24) is 0 Å². The lowest BCUT2D eigenvalue weighted by Crippen LogP contribution is -2.30. The molecule has 0 fully saturated rings. The predicted octanol–water partition coefficient (Wildman–Crippen LogP) is 17.9. The van der Waals surface area contributed by atoms with Crippen LogP contribution in [-0.4, -0.2) is 37.2 Å². The summed E-state index contributed by atoms with van der Waals surface area (Å²) in [5.74, 6) is 1.59. The van der Waals surface area contributed by atoms with Gasteiger partial charge in [0.25, 0.3) is 0 Å². The zero-order valence-electron chi connectivity index (χ0n) is 42.7. The molecule has 0 saturated heterocycles. The fourth-order valence-electron chi connectivity index (χ4n) is 8.47. The van der Waals surface area contributed by atoms with Gasteiger partial charge in [0.2, 0.25) is 0 Å². The molecule has 0 amide bonds.